The van der Waals surface area contributed by atoms with Gasteiger partial charge in [-0.15, -0.1) is 0 Å². The molecule has 96 valence electrons. The van der Waals surface area contributed by atoms with E-state index in [0.717, 1.165) is 0 Å². The summed E-state index contributed by atoms with van der Waals surface area (Å²) in [5.41, 5.74) is 6.11. The van der Waals surface area contributed by atoms with Gasteiger partial charge in [-0.05, 0) is 24.3 Å². The topological polar surface area (TPSA) is 68.3 Å². The first-order valence-electron chi connectivity index (χ1n) is 5.45. The van der Waals surface area contributed by atoms with Crippen LogP contribution in [0.1, 0.15) is 5.56 Å². The maximum Gasteiger partial charge on any atom is 0.142 e. The van der Waals surface area contributed by atoms with Gasteiger partial charge in [-0.25, -0.2) is 4.39 Å². The second-order valence-electron chi connectivity index (χ2n) is 3.76. The number of rotatable bonds is 3. The van der Waals surface area contributed by atoms with Crippen LogP contribution in [0.15, 0.2) is 36.4 Å². The molecule has 0 atom stereocenters. The summed E-state index contributed by atoms with van der Waals surface area (Å²) in [7, 11) is 1.52. The summed E-state index contributed by atoms with van der Waals surface area (Å²) in [5, 5.41) is 8.74. The number of nitrogens with two attached hydrogens (primary N) is 1. The molecule has 19 heavy (non-hydrogen) atoms. The van der Waals surface area contributed by atoms with Crippen molar-refractivity contribution in [1.29, 1.82) is 5.26 Å². The van der Waals surface area contributed by atoms with Gasteiger partial charge in [-0.1, -0.05) is 0 Å². The van der Waals surface area contributed by atoms with Crippen LogP contribution >= 0.6 is 0 Å². The molecular weight excluding hydrogens is 247 g/mol. The predicted octanol–water partition coefficient (Wildman–Crippen LogP) is 3.08. The molecule has 0 aliphatic rings. The summed E-state index contributed by atoms with van der Waals surface area (Å²) in [6.07, 6.45) is 0. The Kier molecular flexibility index (Phi) is 3.53. The van der Waals surface area contributed by atoms with Crippen LogP contribution in [-0.2, 0) is 0 Å². The van der Waals surface area contributed by atoms with Crippen molar-refractivity contribution < 1.29 is 13.9 Å². The summed E-state index contributed by atoms with van der Waals surface area (Å²) >= 11 is 0. The quantitative estimate of drug-likeness (QED) is 0.859. The number of hydrogen-bond acceptors (Lipinski definition) is 4. The van der Waals surface area contributed by atoms with Crippen LogP contribution in [-0.4, -0.2) is 7.11 Å². The first-order chi connectivity index (χ1) is 9.13. The number of nitrogen functional groups attached to an aromatic ring is 1. The van der Waals surface area contributed by atoms with Gasteiger partial charge in [0, 0.05) is 12.1 Å². The van der Waals surface area contributed by atoms with Crippen LogP contribution in [0.5, 0.6) is 17.2 Å². The van der Waals surface area contributed by atoms with Crippen molar-refractivity contribution in [3.05, 3.63) is 47.8 Å². The van der Waals surface area contributed by atoms with Crippen molar-refractivity contribution >= 4 is 5.69 Å². The van der Waals surface area contributed by atoms with Crippen molar-refractivity contribution in [1.82, 2.24) is 0 Å². The molecule has 5 heteroatoms. The third-order valence-corrected chi connectivity index (χ3v) is 2.50. The smallest absolute Gasteiger partial charge is 0.142 e. The second kappa shape index (κ2) is 5.27. The van der Waals surface area contributed by atoms with Crippen LogP contribution in [0.3, 0.4) is 0 Å². The van der Waals surface area contributed by atoms with E-state index in [4.69, 9.17) is 20.5 Å². The van der Waals surface area contributed by atoms with E-state index in [0.29, 0.717) is 22.9 Å². The molecule has 4 nitrogen and oxygen atoms in total. The number of ether oxygens (including phenoxy) is 2. The minimum Gasteiger partial charge on any atom is -0.495 e. The molecule has 2 aromatic rings. The molecule has 0 aliphatic carbocycles. The highest BCUT2D eigenvalue weighted by Crippen LogP contribution is 2.29. The van der Waals surface area contributed by atoms with Crippen molar-refractivity contribution in [3.8, 4) is 23.3 Å². The van der Waals surface area contributed by atoms with Crippen molar-refractivity contribution in [3.63, 3.8) is 0 Å². The molecule has 0 heterocycles. The fourth-order valence-corrected chi connectivity index (χ4v) is 1.57. The summed E-state index contributed by atoms with van der Waals surface area (Å²) in [6, 6.07) is 10.6. The molecule has 0 bridgehead atoms. The summed E-state index contributed by atoms with van der Waals surface area (Å²) in [4.78, 5) is 0. The molecular formula is C14H11FN2O2. The lowest BCUT2D eigenvalue weighted by Crippen LogP contribution is -1.93. The average molecular weight is 258 g/mol. The zero-order valence-electron chi connectivity index (χ0n) is 10.2. The zero-order valence-corrected chi connectivity index (χ0v) is 10.2. The highest BCUT2D eigenvalue weighted by atomic mass is 19.1. The molecule has 0 radical (unpaired) electrons. The summed E-state index contributed by atoms with van der Waals surface area (Å²) in [5.74, 6) is 0.810. The maximum absolute atomic E-state index is 13.2. The number of benzene rings is 2. The Morgan fingerprint density at radius 1 is 1.16 bits per heavy atom. The fourth-order valence-electron chi connectivity index (χ4n) is 1.57. The Morgan fingerprint density at radius 2 is 1.84 bits per heavy atom. The third-order valence-electron chi connectivity index (χ3n) is 2.50. The van der Waals surface area contributed by atoms with Gasteiger partial charge >= 0.3 is 0 Å². The Labute approximate surface area is 109 Å². The molecule has 0 saturated carbocycles. The molecule has 0 spiro atoms. The van der Waals surface area contributed by atoms with E-state index in [1.54, 1.807) is 24.3 Å². The van der Waals surface area contributed by atoms with Gasteiger partial charge in [-0.2, -0.15) is 5.26 Å². The Hall–Kier alpha value is -2.74. The number of anilines is 1. The third kappa shape index (κ3) is 2.75. The van der Waals surface area contributed by atoms with Crippen LogP contribution < -0.4 is 15.2 Å². The normalized spacial score (nSPS) is 9.74. The monoisotopic (exact) mass is 258 g/mol. The van der Waals surface area contributed by atoms with Crippen molar-refractivity contribution in [2.24, 2.45) is 0 Å². The number of hydrogen-bond donors (Lipinski definition) is 1. The van der Waals surface area contributed by atoms with Crippen molar-refractivity contribution in [2.75, 3.05) is 12.8 Å². The minimum atomic E-state index is -0.580. The van der Waals surface area contributed by atoms with Gasteiger partial charge in [0.1, 0.15) is 29.1 Å². The van der Waals surface area contributed by atoms with E-state index in [1.165, 1.54) is 25.3 Å². The molecule has 0 amide bonds. The number of nitrogens with zero attached hydrogens (tertiary/aromatic N) is 1. The van der Waals surface area contributed by atoms with Gasteiger partial charge in [0.15, 0.2) is 0 Å². The molecule has 2 rings (SSSR count). The molecule has 0 fully saturated rings. The first-order valence-corrected chi connectivity index (χ1v) is 5.45. The predicted molar refractivity (Wildman–Crippen MR) is 68.6 cm³/mol. The molecule has 2 aromatic carbocycles. The first kappa shape index (κ1) is 12.7. The maximum atomic E-state index is 13.2. The van der Waals surface area contributed by atoms with Gasteiger partial charge in [-0.3, -0.25) is 0 Å². The van der Waals surface area contributed by atoms with E-state index < -0.39 is 5.82 Å². The minimum absolute atomic E-state index is 0.0704. The van der Waals surface area contributed by atoms with Crippen LogP contribution in [0.4, 0.5) is 10.1 Å². The number of methoxy groups -OCH3 is 1. The van der Waals surface area contributed by atoms with E-state index in [-0.39, 0.29) is 5.56 Å². The highest BCUT2D eigenvalue weighted by molar-refractivity contribution is 5.56. The Morgan fingerprint density at radius 3 is 2.47 bits per heavy atom. The standard InChI is InChI=1S/C14H11FN2O2/c1-18-14-5-3-11(7-13(14)17)19-10-2-4-12(15)9(6-10)8-16/h2-7H,17H2,1H3. The number of nitriles is 1. The van der Waals surface area contributed by atoms with E-state index in [1.807, 2.05) is 0 Å². The number of halogens is 1. The second-order valence-corrected chi connectivity index (χ2v) is 3.76. The van der Waals surface area contributed by atoms with Crippen molar-refractivity contribution in [2.45, 2.75) is 0 Å². The van der Waals surface area contributed by atoms with Crippen LogP contribution in [0.25, 0.3) is 0 Å². The van der Waals surface area contributed by atoms with Gasteiger partial charge < -0.3 is 15.2 Å². The van der Waals surface area contributed by atoms with Gasteiger partial charge in [0.05, 0.1) is 18.4 Å². The van der Waals surface area contributed by atoms with Crippen LogP contribution in [0.2, 0.25) is 0 Å². The largest absolute Gasteiger partial charge is 0.495 e. The Bertz CT molecular complexity index is 650. The molecule has 0 saturated heterocycles. The van der Waals surface area contributed by atoms with Gasteiger partial charge in [0.25, 0.3) is 0 Å². The zero-order chi connectivity index (χ0) is 13.8. The lowest BCUT2D eigenvalue weighted by atomic mass is 10.2. The Balaban J connectivity index is 2.26. The SMILES string of the molecule is COc1ccc(Oc2ccc(F)c(C#N)c2)cc1N. The van der Waals surface area contributed by atoms with Crippen LogP contribution in [0, 0.1) is 17.1 Å². The highest BCUT2D eigenvalue weighted by Gasteiger charge is 2.06. The molecule has 0 aliphatic heterocycles. The average Bonchev–Trinajstić information content (AvgIpc) is 2.41. The van der Waals surface area contributed by atoms with Gasteiger partial charge in [0.2, 0.25) is 0 Å². The van der Waals surface area contributed by atoms with E-state index >= 15 is 0 Å². The fraction of sp³-hybridized carbons (Fsp3) is 0.0714. The lowest BCUT2D eigenvalue weighted by molar-refractivity contribution is 0.415. The van der Waals surface area contributed by atoms with E-state index in [9.17, 15) is 4.39 Å². The molecule has 0 unspecified atom stereocenters. The molecule has 2 N–H and O–H groups in total. The van der Waals surface area contributed by atoms with E-state index in [2.05, 4.69) is 0 Å². The summed E-state index contributed by atoms with van der Waals surface area (Å²) < 4.78 is 23.7. The summed E-state index contributed by atoms with van der Waals surface area (Å²) in [6.45, 7) is 0. The molecule has 0 aromatic heterocycles. The lowest BCUT2D eigenvalue weighted by Gasteiger charge is -2.09.